The van der Waals surface area contributed by atoms with Crippen molar-refractivity contribution >= 4 is 11.9 Å². The van der Waals surface area contributed by atoms with Gasteiger partial charge in [-0.2, -0.15) is 0 Å². The van der Waals surface area contributed by atoms with Crippen molar-refractivity contribution in [3.05, 3.63) is 48.6 Å². The molecule has 0 aliphatic heterocycles. The first-order valence-electron chi connectivity index (χ1n) is 36.4. The number of hydrogen-bond acceptors (Lipinski definition) is 5. The maximum Gasteiger partial charge on any atom is 0.305 e. The number of allylic oxidation sites excluding steroid dienone is 7. The molecule has 2 atom stereocenters. The van der Waals surface area contributed by atoms with E-state index < -0.39 is 12.1 Å². The normalized spacial score (nSPS) is 12.8. The first-order valence-corrected chi connectivity index (χ1v) is 36.4. The van der Waals surface area contributed by atoms with E-state index in [1.807, 2.05) is 6.08 Å². The van der Waals surface area contributed by atoms with E-state index in [4.69, 9.17) is 4.74 Å². The van der Waals surface area contributed by atoms with Crippen LogP contribution in [0.3, 0.4) is 0 Å². The fourth-order valence-electron chi connectivity index (χ4n) is 11.3. The van der Waals surface area contributed by atoms with Gasteiger partial charge in [0.15, 0.2) is 0 Å². The van der Waals surface area contributed by atoms with Gasteiger partial charge in [0, 0.05) is 12.8 Å². The van der Waals surface area contributed by atoms with Crippen molar-refractivity contribution in [2.75, 3.05) is 13.2 Å². The molecule has 0 radical (unpaired) electrons. The molecule has 0 fully saturated rings. The predicted octanol–water partition coefficient (Wildman–Crippen LogP) is 23.6. The standard InChI is InChI=1S/C75H141NO5/c1-3-5-7-9-11-13-15-17-19-20-34-38-41-45-49-53-57-61-65-69-75(80)81-70-66-62-58-54-50-46-42-39-36-33-31-29-27-25-23-21-22-24-26-28-30-32-35-37-40-44-48-52-56-60-64-68-74(79)76-72(71-77)73(78)67-63-59-55-51-47-43-18-16-14-12-10-8-6-4-2/h11,13,17,19,23,25,63,67,72-73,77-78H,3-10,12,14-16,18,20-22,24,26-62,64-66,68-71H2,1-2H3,(H,76,79)/b13-11-,19-17-,25-23-,67-63+. The maximum absolute atomic E-state index is 12.5. The average Bonchev–Trinajstić information content (AvgIpc) is 3.47. The molecule has 0 spiro atoms. The highest BCUT2D eigenvalue weighted by atomic mass is 16.5. The topological polar surface area (TPSA) is 95.9 Å². The summed E-state index contributed by atoms with van der Waals surface area (Å²) in [6.07, 6.45) is 92.0. The van der Waals surface area contributed by atoms with Crippen LogP contribution in [-0.4, -0.2) is 47.4 Å². The summed E-state index contributed by atoms with van der Waals surface area (Å²) in [4.78, 5) is 24.6. The molecule has 1 amide bonds. The summed E-state index contributed by atoms with van der Waals surface area (Å²) in [7, 11) is 0. The molecule has 81 heavy (non-hydrogen) atoms. The lowest BCUT2D eigenvalue weighted by atomic mass is 10.0. The zero-order valence-electron chi connectivity index (χ0n) is 54.5. The van der Waals surface area contributed by atoms with Gasteiger partial charge in [-0.25, -0.2) is 0 Å². The molecule has 0 bridgehead atoms. The van der Waals surface area contributed by atoms with Crippen LogP contribution in [0.5, 0.6) is 0 Å². The Hall–Kier alpha value is -2.18. The number of hydrogen-bond donors (Lipinski definition) is 3. The summed E-state index contributed by atoms with van der Waals surface area (Å²) in [5, 5.41) is 23.1. The Labute approximate surface area is 506 Å². The number of esters is 1. The molecular formula is C75H141NO5. The summed E-state index contributed by atoms with van der Waals surface area (Å²) in [5.41, 5.74) is 0. The van der Waals surface area contributed by atoms with Crippen LogP contribution in [-0.2, 0) is 14.3 Å². The molecule has 0 saturated heterocycles. The monoisotopic (exact) mass is 1140 g/mol. The minimum atomic E-state index is -0.843. The molecule has 2 unspecified atom stereocenters. The van der Waals surface area contributed by atoms with E-state index in [1.165, 1.54) is 315 Å². The van der Waals surface area contributed by atoms with Crippen LogP contribution in [0.4, 0.5) is 0 Å². The van der Waals surface area contributed by atoms with Gasteiger partial charge in [-0.3, -0.25) is 9.59 Å². The molecular weight excluding hydrogens is 995 g/mol. The second-order valence-corrected chi connectivity index (χ2v) is 24.9. The Morgan fingerprint density at radius 2 is 0.617 bits per heavy atom. The van der Waals surface area contributed by atoms with Crippen molar-refractivity contribution in [1.29, 1.82) is 0 Å². The Morgan fingerprint density at radius 1 is 0.346 bits per heavy atom. The lowest BCUT2D eigenvalue weighted by molar-refractivity contribution is -0.143. The third-order valence-electron chi connectivity index (χ3n) is 16.8. The van der Waals surface area contributed by atoms with Gasteiger partial charge in [-0.1, -0.05) is 339 Å². The van der Waals surface area contributed by atoms with Gasteiger partial charge < -0.3 is 20.3 Å². The van der Waals surface area contributed by atoms with Crippen molar-refractivity contribution < 1.29 is 24.5 Å². The van der Waals surface area contributed by atoms with Crippen molar-refractivity contribution in [3.63, 3.8) is 0 Å². The van der Waals surface area contributed by atoms with E-state index in [1.54, 1.807) is 6.08 Å². The quantitative estimate of drug-likeness (QED) is 0.0320. The number of nitrogens with one attached hydrogen (secondary N) is 1. The van der Waals surface area contributed by atoms with Crippen LogP contribution in [0, 0.1) is 0 Å². The average molecular weight is 1140 g/mol. The number of aliphatic hydroxyl groups is 2. The molecule has 0 aliphatic carbocycles. The molecule has 6 nitrogen and oxygen atoms in total. The molecule has 476 valence electrons. The largest absolute Gasteiger partial charge is 0.466 e. The van der Waals surface area contributed by atoms with E-state index in [9.17, 15) is 19.8 Å². The summed E-state index contributed by atoms with van der Waals surface area (Å²) in [6, 6.07) is -0.626. The number of carbonyl (C=O) groups is 2. The van der Waals surface area contributed by atoms with Crippen LogP contribution >= 0.6 is 0 Å². The number of ether oxygens (including phenoxy) is 1. The fraction of sp³-hybridized carbons (Fsp3) is 0.867. The Morgan fingerprint density at radius 3 is 0.975 bits per heavy atom. The van der Waals surface area contributed by atoms with Gasteiger partial charge >= 0.3 is 5.97 Å². The van der Waals surface area contributed by atoms with Crippen molar-refractivity contribution in [1.82, 2.24) is 5.32 Å². The van der Waals surface area contributed by atoms with Gasteiger partial charge in [0.2, 0.25) is 5.91 Å². The third kappa shape index (κ3) is 66.8. The molecule has 0 aromatic rings. The van der Waals surface area contributed by atoms with E-state index in [0.717, 1.165) is 51.4 Å². The smallest absolute Gasteiger partial charge is 0.305 e. The van der Waals surface area contributed by atoms with Crippen molar-refractivity contribution in [2.24, 2.45) is 0 Å². The van der Waals surface area contributed by atoms with Crippen LogP contribution in [0.1, 0.15) is 393 Å². The van der Waals surface area contributed by atoms with Crippen molar-refractivity contribution in [3.8, 4) is 0 Å². The fourth-order valence-corrected chi connectivity index (χ4v) is 11.3. The Kier molecular flexibility index (Phi) is 68.4. The molecule has 6 heteroatoms. The Balaban J connectivity index is 3.36. The second kappa shape index (κ2) is 70.3. The zero-order valence-corrected chi connectivity index (χ0v) is 54.5. The van der Waals surface area contributed by atoms with Gasteiger partial charge in [0.1, 0.15) is 0 Å². The summed E-state index contributed by atoms with van der Waals surface area (Å²) in [6.45, 7) is 4.90. The number of unbranched alkanes of at least 4 members (excludes halogenated alkanes) is 51. The summed E-state index contributed by atoms with van der Waals surface area (Å²) < 4.78 is 5.51. The lowest BCUT2D eigenvalue weighted by Gasteiger charge is -2.20. The second-order valence-electron chi connectivity index (χ2n) is 24.9. The van der Waals surface area contributed by atoms with E-state index in [0.29, 0.717) is 19.4 Å². The minimum absolute atomic E-state index is 0.0138. The molecule has 0 heterocycles. The third-order valence-corrected chi connectivity index (χ3v) is 16.8. The number of carbonyl (C=O) groups excluding carboxylic acids is 2. The molecule has 0 rings (SSSR count). The molecule has 0 saturated carbocycles. The highest BCUT2D eigenvalue weighted by Crippen LogP contribution is 2.18. The lowest BCUT2D eigenvalue weighted by Crippen LogP contribution is -2.45. The predicted molar refractivity (Wildman–Crippen MR) is 356 cm³/mol. The first kappa shape index (κ1) is 78.8. The Bertz CT molecular complexity index is 1360. The van der Waals surface area contributed by atoms with Gasteiger partial charge in [-0.05, 0) is 89.9 Å². The van der Waals surface area contributed by atoms with Gasteiger partial charge in [-0.15, -0.1) is 0 Å². The van der Waals surface area contributed by atoms with E-state index in [2.05, 4.69) is 55.6 Å². The summed E-state index contributed by atoms with van der Waals surface area (Å²) >= 11 is 0. The van der Waals surface area contributed by atoms with Crippen LogP contribution in [0.2, 0.25) is 0 Å². The first-order chi connectivity index (χ1) is 40.0. The highest BCUT2D eigenvalue weighted by Gasteiger charge is 2.18. The minimum Gasteiger partial charge on any atom is -0.466 e. The zero-order chi connectivity index (χ0) is 58.5. The van der Waals surface area contributed by atoms with Crippen LogP contribution < -0.4 is 5.32 Å². The SMILES string of the molecule is CCCCC/C=C\C/C=C\CCCCCCCCCCCC(=O)OCCCCCCCCCCCCCC/C=C\CCCCCCCCCCCCCCCCCC(=O)NC(CO)C(O)/C=C/CCCCCCCCCCCCCC. The molecule has 3 N–H and O–H groups in total. The maximum atomic E-state index is 12.5. The number of rotatable bonds is 68. The molecule has 0 aromatic carbocycles. The van der Waals surface area contributed by atoms with Gasteiger partial charge in [0.05, 0.1) is 25.4 Å². The van der Waals surface area contributed by atoms with E-state index in [-0.39, 0.29) is 18.5 Å². The summed E-state index contributed by atoms with van der Waals surface area (Å²) in [5.74, 6) is -0.0506. The van der Waals surface area contributed by atoms with E-state index >= 15 is 0 Å². The van der Waals surface area contributed by atoms with Crippen LogP contribution in [0.25, 0.3) is 0 Å². The number of amides is 1. The van der Waals surface area contributed by atoms with Crippen molar-refractivity contribution in [2.45, 2.75) is 405 Å². The number of aliphatic hydroxyl groups excluding tert-OH is 2. The molecule has 0 aromatic heterocycles. The highest BCUT2D eigenvalue weighted by molar-refractivity contribution is 5.76. The molecule has 0 aliphatic rings. The van der Waals surface area contributed by atoms with Gasteiger partial charge in [0.25, 0.3) is 0 Å². The van der Waals surface area contributed by atoms with Crippen LogP contribution in [0.15, 0.2) is 48.6 Å².